The maximum atomic E-state index is 12.6. The van der Waals surface area contributed by atoms with Crippen molar-refractivity contribution >= 4 is 28.5 Å². The van der Waals surface area contributed by atoms with E-state index in [0.29, 0.717) is 12.1 Å². The number of nitrogens with one attached hydrogen (secondary N) is 3. The lowest BCUT2D eigenvalue weighted by Gasteiger charge is -2.22. The summed E-state index contributed by atoms with van der Waals surface area (Å²) in [5.41, 5.74) is 3.41. The summed E-state index contributed by atoms with van der Waals surface area (Å²) >= 11 is 0. The number of carbonyl (C=O) groups excluding carboxylic acids is 2. The van der Waals surface area contributed by atoms with Gasteiger partial charge in [-0.15, -0.1) is 0 Å². The largest absolute Gasteiger partial charge is 0.347 e. The number of fused-ring (bicyclic) bond motifs is 1. The van der Waals surface area contributed by atoms with E-state index in [4.69, 9.17) is 0 Å². The van der Waals surface area contributed by atoms with Gasteiger partial charge in [0.15, 0.2) is 0 Å². The Morgan fingerprint density at radius 2 is 1.89 bits per heavy atom. The fraction of sp³-hybridized carbons (Fsp3) is 0.250. The summed E-state index contributed by atoms with van der Waals surface area (Å²) in [7, 11) is 3.35. The Morgan fingerprint density at radius 3 is 2.59 bits per heavy atom. The van der Waals surface area contributed by atoms with Gasteiger partial charge >= 0.3 is 6.03 Å². The van der Waals surface area contributed by atoms with Crippen LogP contribution in [-0.2, 0) is 11.2 Å². The molecule has 2 aromatic carbocycles. The number of urea groups is 1. The molecule has 0 aliphatic carbocycles. The topological polar surface area (TPSA) is 90.1 Å². The van der Waals surface area contributed by atoms with Gasteiger partial charge in [0, 0.05) is 25.9 Å². The molecule has 1 atom stereocenters. The van der Waals surface area contributed by atoms with Crippen LogP contribution in [0, 0.1) is 6.92 Å². The maximum absolute atomic E-state index is 12.6. The zero-order valence-electron chi connectivity index (χ0n) is 15.6. The predicted molar refractivity (Wildman–Crippen MR) is 106 cm³/mol. The van der Waals surface area contributed by atoms with Gasteiger partial charge < -0.3 is 15.5 Å². The Balaban J connectivity index is 1.76. The predicted octanol–water partition coefficient (Wildman–Crippen LogP) is 2.69. The number of aryl methyl sites for hydroxylation is 1. The summed E-state index contributed by atoms with van der Waals surface area (Å²) in [5, 5.41) is 13.5. The van der Waals surface area contributed by atoms with Crippen LogP contribution in [0.5, 0.6) is 0 Å². The molecule has 0 bridgehead atoms. The highest BCUT2D eigenvalue weighted by atomic mass is 16.2. The highest BCUT2D eigenvalue weighted by Gasteiger charge is 2.23. The molecular weight excluding hydrogens is 342 g/mol. The number of amides is 3. The molecule has 0 fully saturated rings. The fourth-order valence-corrected chi connectivity index (χ4v) is 2.95. The number of benzene rings is 2. The van der Waals surface area contributed by atoms with E-state index in [0.717, 1.165) is 22.0 Å². The van der Waals surface area contributed by atoms with E-state index in [9.17, 15) is 9.59 Å². The molecule has 140 valence electrons. The van der Waals surface area contributed by atoms with Crippen molar-refractivity contribution in [2.45, 2.75) is 19.4 Å². The van der Waals surface area contributed by atoms with E-state index in [-0.39, 0.29) is 5.91 Å². The molecule has 0 radical (unpaired) electrons. The SMILES string of the molecule is Cc1ccc(NC(=O)N[C@H](Cc2ccccc2)C(=O)N(C)C)c2[nH]ncc12. The highest BCUT2D eigenvalue weighted by molar-refractivity contribution is 6.01. The monoisotopic (exact) mass is 365 g/mol. The highest BCUT2D eigenvalue weighted by Crippen LogP contribution is 2.24. The van der Waals surface area contributed by atoms with Gasteiger partial charge in [0.1, 0.15) is 6.04 Å². The van der Waals surface area contributed by atoms with Crippen LogP contribution >= 0.6 is 0 Å². The number of anilines is 1. The second kappa shape index (κ2) is 7.90. The molecule has 0 aliphatic rings. The number of hydrogen-bond donors (Lipinski definition) is 3. The Labute approximate surface area is 157 Å². The number of likely N-dealkylation sites (N-methyl/N-ethyl adjacent to an activating group) is 1. The number of H-pyrrole nitrogens is 1. The number of aromatic amines is 1. The maximum Gasteiger partial charge on any atom is 0.319 e. The first-order valence-electron chi connectivity index (χ1n) is 8.71. The Morgan fingerprint density at radius 1 is 1.15 bits per heavy atom. The first kappa shape index (κ1) is 18.4. The smallest absolute Gasteiger partial charge is 0.319 e. The zero-order valence-corrected chi connectivity index (χ0v) is 15.6. The molecule has 0 unspecified atom stereocenters. The Kier molecular flexibility index (Phi) is 5.40. The van der Waals surface area contributed by atoms with Crippen LogP contribution in [0.1, 0.15) is 11.1 Å². The molecule has 3 N–H and O–H groups in total. The standard InChI is InChI=1S/C20H23N5O2/c1-13-9-10-16(18-15(13)12-21-24-18)22-20(27)23-17(19(26)25(2)3)11-14-7-5-4-6-8-14/h4-10,12,17H,11H2,1-3H3,(H,21,24)(H2,22,23,27)/t17-/m1/s1. The average Bonchev–Trinajstić information content (AvgIpc) is 3.14. The van der Waals surface area contributed by atoms with Gasteiger partial charge in [0.25, 0.3) is 0 Å². The lowest BCUT2D eigenvalue weighted by Crippen LogP contribution is -2.48. The lowest BCUT2D eigenvalue weighted by molar-refractivity contribution is -0.130. The molecule has 3 aromatic rings. The second-order valence-corrected chi connectivity index (χ2v) is 6.66. The molecule has 1 heterocycles. The molecule has 0 saturated heterocycles. The van der Waals surface area contributed by atoms with Crippen molar-refractivity contribution in [1.82, 2.24) is 20.4 Å². The third-order valence-corrected chi connectivity index (χ3v) is 4.41. The normalized spacial score (nSPS) is 11.8. The minimum absolute atomic E-state index is 0.162. The molecule has 0 saturated carbocycles. The van der Waals surface area contributed by atoms with Crippen LogP contribution in [0.4, 0.5) is 10.5 Å². The number of aromatic nitrogens is 2. The van der Waals surface area contributed by atoms with Gasteiger partial charge in [-0.05, 0) is 24.1 Å². The summed E-state index contributed by atoms with van der Waals surface area (Å²) < 4.78 is 0. The van der Waals surface area contributed by atoms with Crippen molar-refractivity contribution in [3.8, 4) is 0 Å². The first-order valence-corrected chi connectivity index (χ1v) is 8.71. The summed E-state index contributed by atoms with van der Waals surface area (Å²) in [4.78, 5) is 26.6. The van der Waals surface area contributed by atoms with Gasteiger partial charge in [0.05, 0.1) is 17.4 Å². The van der Waals surface area contributed by atoms with Crippen molar-refractivity contribution in [2.75, 3.05) is 19.4 Å². The first-order chi connectivity index (χ1) is 13.0. The molecule has 0 aliphatic heterocycles. The molecule has 1 aromatic heterocycles. The van der Waals surface area contributed by atoms with Gasteiger partial charge in [-0.2, -0.15) is 5.10 Å². The fourth-order valence-electron chi connectivity index (χ4n) is 2.95. The van der Waals surface area contributed by atoms with Gasteiger partial charge in [-0.3, -0.25) is 9.89 Å². The van der Waals surface area contributed by atoms with Crippen LogP contribution in [-0.4, -0.2) is 47.2 Å². The van der Waals surface area contributed by atoms with Gasteiger partial charge in [-0.25, -0.2) is 4.79 Å². The quantitative estimate of drug-likeness (QED) is 0.649. The van der Waals surface area contributed by atoms with Crippen LogP contribution in [0.25, 0.3) is 10.9 Å². The average molecular weight is 365 g/mol. The number of rotatable bonds is 5. The summed E-state index contributed by atoms with van der Waals surface area (Å²) in [6.45, 7) is 1.98. The molecule has 7 nitrogen and oxygen atoms in total. The second-order valence-electron chi connectivity index (χ2n) is 6.66. The van der Waals surface area contributed by atoms with E-state index in [1.54, 1.807) is 20.3 Å². The number of carbonyl (C=O) groups is 2. The number of nitrogens with zero attached hydrogens (tertiary/aromatic N) is 2. The van der Waals surface area contributed by atoms with Crippen molar-refractivity contribution in [3.05, 3.63) is 59.8 Å². The minimum Gasteiger partial charge on any atom is -0.347 e. The summed E-state index contributed by atoms with van der Waals surface area (Å²) in [5.74, 6) is -0.162. The minimum atomic E-state index is -0.662. The van der Waals surface area contributed by atoms with E-state index in [1.807, 2.05) is 49.4 Å². The summed E-state index contributed by atoms with van der Waals surface area (Å²) in [6, 6.07) is 12.2. The van der Waals surface area contributed by atoms with E-state index in [1.165, 1.54) is 4.90 Å². The van der Waals surface area contributed by atoms with Crippen LogP contribution in [0.3, 0.4) is 0 Å². The number of hydrogen-bond acceptors (Lipinski definition) is 3. The molecule has 3 rings (SSSR count). The molecular formula is C20H23N5O2. The molecule has 0 spiro atoms. The summed E-state index contributed by atoms with van der Waals surface area (Å²) in [6.07, 6.45) is 2.14. The Bertz CT molecular complexity index is 949. The van der Waals surface area contributed by atoms with Crippen LogP contribution in [0.15, 0.2) is 48.7 Å². The van der Waals surface area contributed by atoms with Crippen LogP contribution < -0.4 is 10.6 Å². The van der Waals surface area contributed by atoms with Crippen molar-refractivity contribution in [2.24, 2.45) is 0 Å². The zero-order chi connectivity index (χ0) is 19.4. The van der Waals surface area contributed by atoms with Crippen molar-refractivity contribution in [3.63, 3.8) is 0 Å². The molecule has 7 heteroatoms. The third-order valence-electron chi connectivity index (χ3n) is 4.41. The third kappa shape index (κ3) is 4.25. The van der Waals surface area contributed by atoms with Gasteiger partial charge in [-0.1, -0.05) is 36.4 Å². The molecule has 3 amide bonds. The van der Waals surface area contributed by atoms with E-state index in [2.05, 4.69) is 20.8 Å². The Hall–Kier alpha value is -3.35. The van der Waals surface area contributed by atoms with E-state index < -0.39 is 12.1 Å². The van der Waals surface area contributed by atoms with E-state index >= 15 is 0 Å². The van der Waals surface area contributed by atoms with Crippen molar-refractivity contribution < 1.29 is 9.59 Å². The van der Waals surface area contributed by atoms with Crippen molar-refractivity contribution in [1.29, 1.82) is 0 Å². The van der Waals surface area contributed by atoms with Crippen LogP contribution in [0.2, 0.25) is 0 Å². The van der Waals surface area contributed by atoms with Gasteiger partial charge in [0.2, 0.25) is 5.91 Å². The molecule has 27 heavy (non-hydrogen) atoms. The lowest BCUT2D eigenvalue weighted by atomic mass is 10.1.